The molecule has 1 fully saturated rings. The summed E-state index contributed by atoms with van der Waals surface area (Å²) in [7, 11) is 0. The molecule has 1 aliphatic carbocycles. The van der Waals surface area contributed by atoms with Crippen LogP contribution in [-0.4, -0.2) is 41.7 Å². The van der Waals surface area contributed by atoms with Crippen LogP contribution in [0.25, 0.3) is 0 Å². The first-order valence-electron chi connectivity index (χ1n) is 6.40. The fourth-order valence-electron chi connectivity index (χ4n) is 2.34. The smallest absolute Gasteiger partial charge is 0.264 e. The van der Waals surface area contributed by atoms with Crippen LogP contribution < -0.4 is 0 Å². The molecule has 1 aliphatic heterocycles. The fourth-order valence-corrected chi connectivity index (χ4v) is 3.44. The van der Waals surface area contributed by atoms with Crippen molar-refractivity contribution >= 4 is 17.2 Å². The molecule has 5 heteroatoms. The van der Waals surface area contributed by atoms with E-state index in [1.807, 2.05) is 11.0 Å². The van der Waals surface area contributed by atoms with Gasteiger partial charge in [0, 0.05) is 23.9 Å². The van der Waals surface area contributed by atoms with Crippen LogP contribution >= 0.6 is 11.3 Å². The molecule has 4 nitrogen and oxygen atoms in total. The van der Waals surface area contributed by atoms with E-state index in [0.29, 0.717) is 19.2 Å². The van der Waals surface area contributed by atoms with Crippen LogP contribution in [0.3, 0.4) is 0 Å². The van der Waals surface area contributed by atoms with E-state index in [0.717, 1.165) is 36.3 Å². The summed E-state index contributed by atoms with van der Waals surface area (Å²) in [6, 6.07) is 2.31. The summed E-state index contributed by atoms with van der Waals surface area (Å²) in [5.74, 6) is 0.0750. The third-order valence-electron chi connectivity index (χ3n) is 3.43. The molecule has 98 valence electrons. The Morgan fingerprint density at radius 1 is 1.56 bits per heavy atom. The average Bonchev–Trinajstić information content (AvgIpc) is 3.13. The number of hydrogen-bond acceptors (Lipinski definition) is 4. The highest BCUT2D eigenvalue weighted by Crippen LogP contribution is 2.32. The molecule has 0 saturated heterocycles. The topological polar surface area (TPSA) is 49.8 Å². The maximum atomic E-state index is 12.4. The van der Waals surface area contributed by atoms with Gasteiger partial charge in [0.15, 0.2) is 0 Å². The lowest BCUT2D eigenvalue weighted by molar-refractivity contribution is 0.0712. The Balaban J connectivity index is 1.80. The van der Waals surface area contributed by atoms with Crippen LogP contribution in [0.5, 0.6) is 0 Å². The number of thiophene rings is 1. The van der Waals surface area contributed by atoms with Crippen LogP contribution in [0.1, 0.15) is 33.0 Å². The predicted octanol–water partition coefficient (Wildman–Crippen LogP) is 1.42. The summed E-state index contributed by atoms with van der Waals surface area (Å²) in [5, 5.41) is 9.06. The quantitative estimate of drug-likeness (QED) is 0.897. The molecule has 18 heavy (non-hydrogen) atoms. The average molecular weight is 267 g/mol. The molecule has 0 aromatic carbocycles. The maximum Gasteiger partial charge on any atom is 0.264 e. The fraction of sp³-hybridized carbons (Fsp3) is 0.615. The first-order chi connectivity index (χ1) is 8.79. The highest BCUT2D eigenvalue weighted by molar-refractivity contribution is 7.14. The minimum Gasteiger partial charge on any atom is -0.395 e. The minimum atomic E-state index is 0.0381. The van der Waals surface area contributed by atoms with Crippen molar-refractivity contribution in [2.24, 2.45) is 0 Å². The van der Waals surface area contributed by atoms with Crippen LogP contribution in [-0.2, 0) is 17.8 Å². The molecule has 1 aromatic heterocycles. The number of aliphatic hydroxyl groups is 1. The van der Waals surface area contributed by atoms with Gasteiger partial charge < -0.3 is 14.7 Å². The van der Waals surface area contributed by atoms with Crippen LogP contribution in [0.4, 0.5) is 0 Å². The van der Waals surface area contributed by atoms with Gasteiger partial charge in [0.1, 0.15) is 0 Å². The van der Waals surface area contributed by atoms with Crippen molar-refractivity contribution in [1.82, 2.24) is 4.90 Å². The largest absolute Gasteiger partial charge is 0.395 e. The maximum absolute atomic E-state index is 12.4. The lowest BCUT2D eigenvalue weighted by atomic mass is 10.2. The summed E-state index contributed by atoms with van der Waals surface area (Å²) in [4.78, 5) is 16.3. The zero-order valence-corrected chi connectivity index (χ0v) is 11.0. The SMILES string of the molecule is O=C(c1cc2c(s1)CCOC2)N(CCO)C1CC1. The number of ether oxygens (including phenoxy) is 1. The standard InChI is InChI=1S/C13H17NO3S/c15-5-4-14(10-1-2-10)13(16)12-7-9-8-17-6-3-11(9)18-12/h7,10,15H,1-6,8H2. The van der Waals surface area contributed by atoms with Gasteiger partial charge in [0.25, 0.3) is 5.91 Å². The number of carbonyl (C=O) groups excluding carboxylic acids is 1. The molecule has 1 N–H and O–H groups in total. The van der Waals surface area contributed by atoms with E-state index < -0.39 is 0 Å². The number of aliphatic hydroxyl groups excluding tert-OH is 1. The second-order valence-corrected chi connectivity index (χ2v) is 5.95. The zero-order chi connectivity index (χ0) is 12.5. The van der Waals surface area contributed by atoms with Crippen molar-refractivity contribution in [3.8, 4) is 0 Å². The Labute approximate surface area is 110 Å². The van der Waals surface area contributed by atoms with E-state index in [4.69, 9.17) is 9.84 Å². The Morgan fingerprint density at radius 3 is 3.06 bits per heavy atom. The van der Waals surface area contributed by atoms with E-state index in [2.05, 4.69) is 0 Å². The van der Waals surface area contributed by atoms with Crippen LogP contribution in [0.15, 0.2) is 6.07 Å². The van der Waals surface area contributed by atoms with Crippen molar-refractivity contribution < 1.29 is 14.6 Å². The van der Waals surface area contributed by atoms with E-state index in [1.165, 1.54) is 4.88 Å². The molecular weight excluding hydrogens is 250 g/mol. The molecule has 1 aromatic rings. The van der Waals surface area contributed by atoms with Gasteiger partial charge in [0.2, 0.25) is 0 Å². The lowest BCUT2D eigenvalue weighted by Gasteiger charge is -2.20. The van der Waals surface area contributed by atoms with Gasteiger partial charge in [-0.1, -0.05) is 0 Å². The van der Waals surface area contributed by atoms with Crippen LogP contribution in [0, 0.1) is 0 Å². The molecule has 0 unspecified atom stereocenters. The van der Waals surface area contributed by atoms with Gasteiger partial charge in [-0.05, 0) is 24.5 Å². The molecule has 2 heterocycles. The second kappa shape index (κ2) is 4.99. The van der Waals surface area contributed by atoms with Gasteiger partial charge in [-0.15, -0.1) is 11.3 Å². The van der Waals surface area contributed by atoms with Gasteiger partial charge in [-0.2, -0.15) is 0 Å². The summed E-state index contributed by atoms with van der Waals surface area (Å²) >= 11 is 1.59. The normalized spacial score (nSPS) is 18.5. The number of rotatable bonds is 4. The molecule has 0 spiro atoms. The van der Waals surface area contributed by atoms with E-state index >= 15 is 0 Å². The Kier molecular flexibility index (Phi) is 3.37. The lowest BCUT2D eigenvalue weighted by Crippen LogP contribution is -2.35. The molecule has 1 amide bonds. The number of fused-ring (bicyclic) bond motifs is 1. The predicted molar refractivity (Wildman–Crippen MR) is 68.8 cm³/mol. The van der Waals surface area contributed by atoms with E-state index in [9.17, 15) is 4.79 Å². The van der Waals surface area contributed by atoms with Gasteiger partial charge in [-0.3, -0.25) is 4.79 Å². The number of nitrogens with zero attached hydrogens (tertiary/aromatic N) is 1. The van der Waals surface area contributed by atoms with E-state index in [-0.39, 0.29) is 12.5 Å². The Hall–Kier alpha value is -0.910. The highest BCUT2D eigenvalue weighted by Gasteiger charge is 2.33. The third kappa shape index (κ3) is 2.30. The number of hydrogen-bond donors (Lipinski definition) is 1. The number of carbonyl (C=O) groups is 1. The molecule has 2 aliphatic rings. The van der Waals surface area contributed by atoms with Crippen molar-refractivity contribution in [2.45, 2.75) is 31.9 Å². The highest BCUT2D eigenvalue weighted by atomic mass is 32.1. The first kappa shape index (κ1) is 12.1. The molecule has 0 atom stereocenters. The summed E-state index contributed by atoms with van der Waals surface area (Å²) in [6.45, 7) is 1.87. The first-order valence-corrected chi connectivity index (χ1v) is 7.22. The molecule has 1 saturated carbocycles. The van der Waals surface area contributed by atoms with Crippen molar-refractivity contribution in [3.05, 3.63) is 21.4 Å². The second-order valence-electron chi connectivity index (χ2n) is 4.81. The third-order valence-corrected chi connectivity index (χ3v) is 4.65. The summed E-state index contributed by atoms with van der Waals surface area (Å²) < 4.78 is 5.40. The zero-order valence-electron chi connectivity index (χ0n) is 10.2. The van der Waals surface area contributed by atoms with Gasteiger partial charge >= 0.3 is 0 Å². The summed E-state index contributed by atoms with van der Waals surface area (Å²) in [5.41, 5.74) is 1.16. The van der Waals surface area contributed by atoms with Gasteiger partial charge in [-0.25, -0.2) is 0 Å². The van der Waals surface area contributed by atoms with Gasteiger partial charge in [0.05, 0.1) is 24.7 Å². The Bertz CT molecular complexity index is 430. The van der Waals surface area contributed by atoms with E-state index in [1.54, 1.807) is 11.3 Å². The molecule has 3 rings (SSSR count). The van der Waals surface area contributed by atoms with Crippen LogP contribution in [0.2, 0.25) is 0 Å². The van der Waals surface area contributed by atoms with Crippen molar-refractivity contribution in [3.63, 3.8) is 0 Å². The van der Waals surface area contributed by atoms with Crippen molar-refractivity contribution in [2.75, 3.05) is 19.8 Å². The number of amides is 1. The molecule has 0 bridgehead atoms. The summed E-state index contributed by atoms with van der Waals surface area (Å²) in [6.07, 6.45) is 3.05. The minimum absolute atomic E-state index is 0.0381. The molecule has 0 radical (unpaired) electrons. The molecular formula is C13H17NO3S. The Morgan fingerprint density at radius 2 is 2.39 bits per heavy atom. The van der Waals surface area contributed by atoms with Crippen molar-refractivity contribution in [1.29, 1.82) is 0 Å². The monoisotopic (exact) mass is 267 g/mol.